The van der Waals surface area contributed by atoms with Crippen LogP contribution < -0.4 is 0 Å². The van der Waals surface area contributed by atoms with Gasteiger partial charge in [0.25, 0.3) is 0 Å². The standard InChI is InChI=1S/C44H26N6O/c1-3-14-37-35(13-1)39-36(21-20-34-33-12-2-4-15-38(33)51-41(34)39)40(47-37)30-9-5-8-29(24-30)27-16-18-28(19-17-27)42-48-43(31-10-6-22-45-25-31)50-44(49-42)32-11-7-23-46-26-32/h1-26H. The third kappa shape index (κ3) is 4.99. The van der Waals surface area contributed by atoms with Crippen molar-refractivity contribution < 1.29 is 4.42 Å². The average molecular weight is 655 g/mol. The number of pyridine rings is 3. The second kappa shape index (κ2) is 11.8. The summed E-state index contributed by atoms with van der Waals surface area (Å²) in [6.07, 6.45) is 6.99. The van der Waals surface area contributed by atoms with Crippen LogP contribution in [0.4, 0.5) is 0 Å². The minimum absolute atomic E-state index is 0.554. The summed E-state index contributed by atoms with van der Waals surface area (Å²) in [5.41, 5.74) is 9.30. The zero-order valence-corrected chi connectivity index (χ0v) is 27.1. The van der Waals surface area contributed by atoms with Crippen molar-refractivity contribution in [3.63, 3.8) is 0 Å². The number of nitrogens with zero attached hydrogens (tertiary/aromatic N) is 6. The summed E-state index contributed by atoms with van der Waals surface area (Å²) in [5.74, 6) is 1.68. The Bertz CT molecular complexity index is 2850. The monoisotopic (exact) mass is 654 g/mol. The Morgan fingerprint density at radius 2 is 1.00 bits per heavy atom. The van der Waals surface area contributed by atoms with Crippen LogP contribution in [0.3, 0.4) is 0 Å². The molecule has 0 N–H and O–H groups in total. The molecule has 0 fully saturated rings. The van der Waals surface area contributed by atoms with Crippen molar-refractivity contribution >= 4 is 43.6 Å². The number of fused-ring (bicyclic) bond motifs is 7. The van der Waals surface area contributed by atoms with Gasteiger partial charge in [0, 0.05) is 74.0 Å². The van der Waals surface area contributed by atoms with Gasteiger partial charge in [0.15, 0.2) is 17.5 Å². The lowest BCUT2D eigenvalue weighted by atomic mass is 9.95. The van der Waals surface area contributed by atoms with Crippen molar-refractivity contribution in [3.8, 4) is 56.5 Å². The molecule has 5 aromatic heterocycles. The van der Waals surface area contributed by atoms with E-state index in [-0.39, 0.29) is 0 Å². The minimum Gasteiger partial charge on any atom is -0.455 e. The second-order valence-corrected chi connectivity index (χ2v) is 12.4. The van der Waals surface area contributed by atoms with Crippen LogP contribution in [0.5, 0.6) is 0 Å². The summed E-state index contributed by atoms with van der Waals surface area (Å²) < 4.78 is 6.52. The first-order valence-electron chi connectivity index (χ1n) is 16.7. The van der Waals surface area contributed by atoms with E-state index in [0.29, 0.717) is 17.5 Å². The van der Waals surface area contributed by atoms with Crippen molar-refractivity contribution in [1.82, 2.24) is 29.9 Å². The summed E-state index contributed by atoms with van der Waals surface area (Å²) in [6.45, 7) is 0. The van der Waals surface area contributed by atoms with Crippen molar-refractivity contribution in [2.24, 2.45) is 0 Å². The Kier molecular flexibility index (Phi) is 6.67. The summed E-state index contributed by atoms with van der Waals surface area (Å²) >= 11 is 0. The van der Waals surface area contributed by atoms with Crippen LogP contribution in [0.15, 0.2) is 163 Å². The van der Waals surface area contributed by atoms with Gasteiger partial charge >= 0.3 is 0 Å². The fourth-order valence-corrected chi connectivity index (χ4v) is 6.85. The molecule has 5 heterocycles. The molecule has 0 saturated carbocycles. The zero-order chi connectivity index (χ0) is 33.7. The van der Waals surface area contributed by atoms with Crippen molar-refractivity contribution in [2.45, 2.75) is 0 Å². The Balaban J connectivity index is 1.07. The third-order valence-electron chi connectivity index (χ3n) is 9.30. The van der Waals surface area contributed by atoms with E-state index in [4.69, 9.17) is 24.4 Å². The van der Waals surface area contributed by atoms with Gasteiger partial charge in [-0.05, 0) is 59.7 Å². The minimum atomic E-state index is 0.554. The summed E-state index contributed by atoms with van der Waals surface area (Å²) in [4.78, 5) is 28.2. The molecule has 5 aromatic carbocycles. The van der Waals surface area contributed by atoms with Crippen molar-refractivity contribution in [1.29, 1.82) is 0 Å². The van der Waals surface area contributed by atoms with E-state index in [9.17, 15) is 0 Å². The number of aromatic nitrogens is 6. The molecule has 7 heteroatoms. The molecule has 0 amide bonds. The van der Waals surface area contributed by atoms with E-state index < -0.39 is 0 Å². The van der Waals surface area contributed by atoms with Gasteiger partial charge in [-0.15, -0.1) is 0 Å². The maximum Gasteiger partial charge on any atom is 0.165 e. The number of benzene rings is 5. The SMILES string of the molecule is c1cncc(-c2nc(-c3ccc(-c4cccc(-c5nc6ccccc6c6c5ccc5c7ccccc7oc56)c4)cc3)nc(-c3cccnc3)n2)c1. The fraction of sp³-hybridized carbons (Fsp3) is 0. The van der Waals surface area contributed by atoms with E-state index >= 15 is 0 Å². The molecule has 0 aliphatic rings. The molecule has 10 aromatic rings. The molecule has 0 aliphatic heterocycles. The second-order valence-electron chi connectivity index (χ2n) is 12.4. The van der Waals surface area contributed by atoms with Gasteiger partial charge in [-0.1, -0.05) is 84.9 Å². The van der Waals surface area contributed by atoms with Crippen LogP contribution >= 0.6 is 0 Å². The molecule has 51 heavy (non-hydrogen) atoms. The van der Waals surface area contributed by atoms with Crippen LogP contribution in [-0.4, -0.2) is 29.9 Å². The first kappa shape index (κ1) is 28.9. The fourth-order valence-electron chi connectivity index (χ4n) is 6.85. The van der Waals surface area contributed by atoms with Gasteiger partial charge in [-0.2, -0.15) is 0 Å². The largest absolute Gasteiger partial charge is 0.455 e. The van der Waals surface area contributed by atoms with Gasteiger partial charge in [-0.25, -0.2) is 19.9 Å². The van der Waals surface area contributed by atoms with Gasteiger partial charge in [-0.3, -0.25) is 9.97 Å². The van der Waals surface area contributed by atoms with E-state index in [0.717, 1.165) is 82.7 Å². The number of hydrogen-bond donors (Lipinski definition) is 0. The molecule has 238 valence electrons. The van der Waals surface area contributed by atoms with Gasteiger partial charge in [0.05, 0.1) is 11.2 Å². The summed E-state index contributed by atoms with van der Waals surface area (Å²) in [6, 6.07) is 45.4. The highest BCUT2D eigenvalue weighted by molar-refractivity contribution is 6.24. The van der Waals surface area contributed by atoms with Crippen LogP contribution in [0.2, 0.25) is 0 Å². The average Bonchev–Trinajstić information content (AvgIpc) is 3.60. The molecule has 0 saturated heterocycles. The van der Waals surface area contributed by atoms with Gasteiger partial charge in [0.1, 0.15) is 11.2 Å². The molecule has 0 aliphatic carbocycles. The number of rotatable bonds is 5. The Hall–Kier alpha value is -7.12. The lowest BCUT2D eigenvalue weighted by molar-refractivity contribution is 0.673. The Labute approximate surface area is 292 Å². The van der Waals surface area contributed by atoms with Crippen molar-refractivity contribution in [2.75, 3.05) is 0 Å². The molecule has 0 radical (unpaired) electrons. The molecule has 0 spiro atoms. The van der Waals surface area contributed by atoms with Crippen LogP contribution in [0.25, 0.3) is 100 Å². The molecule has 0 bridgehead atoms. The first-order chi connectivity index (χ1) is 25.3. The molecular formula is C44H26N6O. The summed E-state index contributed by atoms with van der Waals surface area (Å²) in [7, 11) is 0. The molecule has 10 rings (SSSR count). The summed E-state index contributed by atoms with van der Waals surface area (Å²) in [5, 5.41) is 5.42. The van der Waals surface area contributed by atoms with Gasteiger partial charge < -0.3 is 4.42 Å². The van der Waals surface area contributed by atoms with E-state index in [1.165, 1.54) is 0 Å². The number of hydrogen-bond acceptors (Lipinski definition) is 7. The third-order valence-corrected chi connectivity index (χ3v) is 9.30. The van der Waals surface area contributed by atoms with E-state index in [1.54, 1.807) is 24.8 Å². The topological polar surface area (TPSA) is 90.5 Å². The lowest BCUT2D eigenvalue weighted by Gasteiger charge is -2.12. The highest BCUT2D eigenvalue weighted by atomic mass is 16.3. The van der Waals surface area contributed by atoms with Gasteiger partial charge in [0.2, 0.25) is 0 Å². The Morgan fingerprint density at radius 3 is 1.73 bits per heavy atom. The molecular weight excluding hydrogens is 629 g/mol. The van der Waals surface area contributed by atoms with Crippen LogP contribution in [-0.2, 0) is 0 Å². The van der Waals surface area contributed by atoms with E-state index in [2.05, 4.69) is 101 Å². The number of furan rings is 1. The normalized spacial score (nSPS) is 11.5. The lowest BCUT2D eigenvalue weighted by Crippen LogP contribution is -2.00. The zero-order valence-electron chi connectivity index (χ0n) is 27.1. The maximum absolute atomic E-state index is 6.52. The predicted octanol–water partition coefficient (Wildman–Crippen LogP) is 10.6. The van der Waals surface area contributed by atoms with E-state index in [1.807, 2.05) is 42.5 Å². The van der Waals surface area contributed by atoms with Crippen molar-refractivity contribution in [3.05, 3.63) is 158 Å². The molecule has 0 atom stereocenters. The highest BCUT2D eigenvalue weighted by Gasteiger charge is 2.18. The molecule has 7 nitrogen and oxygen atoms in total. The predicted molar refractivity (Wildman–Crippen MR) is 203 cm³/mol. The number of para-hydroxylation sites is 2. The smallest absolute Gasteiger partial charge is 0.165 e. The quantitative estimate of drug-likeness (QED) is 0.171. The van der Waals surface area contributed by atoms with Crippen LogP contribution in [0.1, 0.15) is 0 Å². The maximum atomic E-state index is 6.52. The highest BCUT2D eigenvalue weighted by Crippen LogP contribution is 2.41. The molecule has 0 unspecified atom stereocenters. The first-order valence-corrected chi connectivity index (χ1v) is 16.7. The van der Waals surface area contributed by atoms with Crippen LogP contribution in [0, 0.1) is 0 Å². The Morgan fingerprint density at radius 1 is 0.392 bits per heavy atom.